The van der Waals surface area contributed by atoms with Gasteiger partial charge in [-0.05, 0) is 74.1 Å². The van der Waals surface area contributed by atoms with Crippen molar-refractivity contribution >= 4 is 15.9 Å². The second-order valence-electron chi connectivity index (χ2n) is 8.61. The van der Waals surface area contributed by atoms with Crippen LogP contribution < -0.4 is 4.74 Å². The van der Waals surface area contributed by atoms with Crippen LogP contribution in [-0.2, 0) is 14.8 Å². The molecular formula is C21H30N2O4S. The van der Waals surface area contributed by atoms with Gasteiger partial charge in [0.25, 0.3) is 0 Å². The fourth-order valence-corrected chi connectivity index (χ4v) is 6.00. The number of hydrogen-bond donors (Lipinski definition) is 0. The maximum absolute atomic E-state index is 13.0. The quantitative estimate of drug-likeness (QED) is 0.754. The number of carbonyl (C=O) groups is 1. The van der Waals surface area contributed by atoms with Crippen LogP contribution >= 0.6 is 0 Å². The molecule has 0 atom stereocenters. The Morgan fingerprint density at radius 2 is 1.68 bits per heavy atom. The van der Waals surface area contributed by atoms with E-state index in [1.807, 2.05) is 0 Å². The molecule has 1 amide bonds. The van der Waals surface area contributed by atoms with Gasteiger partial charge in [0.15, 0.2) is 0 Å². The molecule has 1 aromatic rings. The second kappa shape index (κ2) is 7.67. The molecule has 0 N–H and O–H groups in total. The van der Waals surface area contributed by atoms with Gasteiger partial charge in [0.05, 0.1) is 12.0 Å². The average molecular weight is 407 g/mol. The zero-order chi connectivity index (χ0) is 19.8. The number of likely N-dealkylation sites (tertiary alicyclic amines) is 1. The summed E-state index contributed by atoms with van der Waals surface area (Å²) in [5, 5.41) is 0. The molecule has 1 aliphatic carbocycles. The first kappa shape index (κ1) is 19.7. The van der Waals surface area contributed by atoms with E-state index >= 15 is 0 Å². The lowest BCUT2D eigenvalue weighted by Crippen LogP contribution is -2.43. The monoisotopic (exact) mass is 406 g/mol. The van der Waals surface area contributed by atoms with Crippen LogP contribution in [0.5, 0.6) is 5.75 Å². The van der Waals surface area contributed by atoms with Gasteiger partial charge in [-0.1, -0.05) is 0 Å². The summed E-state index contributed by atoms with van der Waals surface area (Å²) in [5.41, 5.74) is 0.111. The number of ether oxygens (including phenoxy) is 1. The largest absolute Gasteiger partial charge is 0.497 e. The molecule has 6 nitrogen and oxygen atoms in total. The van der Waals surface area contributed by atoms with Gasteiger partial charge in [-0.15, -0.1) is 0 Å². The van der Waals surface area contributed by atoms with Crippen LogP contribution in [0.15, 0.2) is 29.2 Å². The fraction of sp³-hybridized carbons (Fsp3) is 0.667. The summed E-state index contributed by atoms with van der Waals surface area (Å²) >= 11 is 0. The molecule has 0 bridgehead atoms. The molecule has 0 unspecified atom stereocenters. The third-order valence-corrected chi connectivity index (χ3v) is 8.70. The molecule has 4 rings (SSSR count). The fourth-order valence-electron chi connectivity index (χ4n) is 4.55. The van der Waals surface area contributed by atoms with Crippen molar-refractivity contribution in [3.8, 4) is 5.75 Å². The standard InChI is InChI=1S/C21H30N2O4S/c1-27-18-4-6-19(7-5-18)28(25,26)23-14-11-21(12-15-23)9-8-20(24)22(13-10-21)16-17-2-3-17/h4-7,17H,2-3,8-16H2,1H3. The second-order valence-corrected chi connectivity index (χ2v) is 10.6. The number of amides is 1. The van der Waals surface area contributed by atoms with Crippen LogP contribution in [0, 0.1) is 11.3 Å². The molecule has 2 saturated heterocycles. The van der Waals surface area contributed by atoms with Crippen molar-refractivity contribution in [3.05, 3.63) is 24.3 Å². The highest BCUT2D eigenvalue weighted by molar-refractivity contribution is 7.89. The van der Waals surface area contributed by atoms with Crippen LogP contribution in [0.1, 0.15) is 44.9 Å². The molecule has 154 valence electrons. The number of carbonyl (C=O) groups excluding carboxylic acids is 1. The maximum Gasteiger partial charge on any atom is 0.243 e. The van der Waals surface area contributed by atoms with Gasteiger partial charge < -0.3 is 9.64 Å². The number of sulfonamides is 1. The molecule has 1 saturated carbocycles. The maximum atomic E-state index is 13.0. The summed E-state index contributed by atoms with van der Waals surface area (Å²) in [6.07, 6.45) is 6.70. The summed E-state index contributed by atoms with van der Waals surface area (Å²) in [5.74, 6) is 1.65. The van der Waals surface area contributed by atoms with E-state index in [-0.39, 0.29) is 11.3 Å². The number of piperidine rings is 1. The van der Waals surface area contributed by atoms with E-state index < -0.39 is 10.0 Å². The first-order chi connectivity index (χ1) is 13.4. The lowest BCUT2D eigenvalue weighted by atomic mass is 9.73. The number of hydrogen-bond acceptors (Lipinski definition) is 4. The molecule has 3 fully saturated rings. The zero-order valence-electron chi connectivity index (χ0n) is 16.6. The van der Waals surface area contributed by atoms with Crippen molar-refractivity contribution < 1.29 is 17.9 Å². The Morgan fingerprint density at radius 3 is 2.29 bits per heavy atom. The highest BCUT2D eigenvalue weighted by atomic mass is 32.2. The Balaban J connectivity index is 1.39. The summed E-state index contributed by atoms with van der Waals surface area (Å²) < 4.78 is 32.7. The van der Waals surface area contributed by atoms with Crippen molar-refractivity contribution in [1.29, 1.82) is 0 Å². The SMILES string of the molecule is COc1ccc(S(=O)(=O)N2CCC3(CCC(=O)N(CC4CC4)CC3)CC2)cc1. The van der Waals surface area contributed by atoms with E-state index in [1.165, 1.54) is 12.8 Å². The van der Waals surface area contributed by atoms with Crippen molar-refractivity contribution in [2.45, 2.75) is 49.8 Å². The van der Waals surface area contributed by atoms with Crippen molar-refractivity contribution in [3.63, 3.8) is 0 Å². The molecule has 7 heteroatoms. The molecule has 2 aliphatic heterocycles. The lowest BCUT2D eigenvalue weighted by molar-refractivity contribution is -0.130. The minimum Gasteiger partial charge on any atom is -0.497 e. The van der Waals surface area contributed by atoms with Gasteiger partial charge in [-0.2, -0.15) is 4.31 Å². The van der Waals surface area contributed by atoms with Gasteiger partial charge in [-0.3, -0.25) is 4.79 Å². The summed E-state index contributed by atoms with van der Waals surface area (Å²) in [7, 11) is -1.91. The van der Waals surface area contributed by atoms with Gasteiger partial charge >= 0.3 is 0 Å². The minimum atomic E-state index is -3.48. The van der Waals surface area contributed by atoms with Crippen LogP contribution in [0.3, 0.4) is 0 Å². The smallest absolute Gasteiger partial charge is 0.243 e. The minimum absolute atomic E-state index is 0.111. The predicted octanol–water partition coefficient (Wildman–Crippen LogP) is 2.89. The Labute approximate surface area is 167 Å². The summed E-state index contributed by atoms with van der Waals surface area (Å²) in [6, 6.07) is 6.59. The normalized spacial score (nSPS) is 23.6. The molecule has 0 radical (unpaired) electrons. The Morgan fingerprint density at radius 1 is 1.04 bits per heavy atom. The van der Waals surface area contributed by atoms with Crippen LogP contribution in [0.4, 0.5) is 0 Å². The number of methoxy groups -OCH3 is 1. The number of nitrogens with zero attached hydrogens (tertiary/aromatic N) is 2. The first-order valence-corrected chi connectivity index (χ1v) is 11.8. The third kappa shape index (κ3) is 4.06. The molecule has 1 spiro atoms. The molecule has 2 heterocycles. The summed E-state index contributed by atoms with van der Waals surface area (Å²) in [6.45, 7) is 2.82. The van der Waals surface area contributed by atoms with Crippen molar-refractivity contribution in [2.24, 2.45) is 11.3 Å². The summed E-state index contributed by atoms with van der Waals surface area (Å²) in [4.78, 5) is 14.9. The Bertz CT molecular complexity index is 809. The van der Waals surface area contributed by atoms with E-state index in [9.17, 15) is 13.2 Å². The first-order valence-electron chi connectivity index (χ1n) is 10.3. The van der Waals surface area contributed by atoms with E-state index in [1.54, 1.807) is 35.7 Å². The molecule has 1 aromatic carbocycles. The molecule has 28 heavy (non-hydrogen) atoms. The lowest BCUT2D eigenvalue weighted by Gasteiger charge is -2.40. The van der Waals surface area contributed by atoms with E-state index in [0.29, 0.717) is 30.2 Å². The van der Waals surface area contributed by atoms with Gasteiger partial charge in [0.1, 0.15) is 5.75 Å². The topological polar surface area (TPSA) is 66.9 Å². The van der Waals surface area contributed by atoms with Gasteiger partial charge in [-0.25, -0.2) is 8.42 Å². The highest BCUT2D eigenvalue weighted by Crippen LogP contribution is 2.43. The molecular weight excluding hydrogens is 376 g/mol. The Kier molecular flexibility index (Phi) is 5.40. The van der Waals surface area contributed by atoms with Crippen LogP contribution in [-0.4, -0.2) is 56.8 Å². The van der Waals surface area contributed by atoms with E-state index in [2.05, 4.69) is 4.90 Å². The van der Waals surface area contributed by atoms with Crippen LogP contribution in [0.2, 0.25) is 0 Å². The van der Waals surface area contributed by atoms with E-state index in [4.69, 9.17) is 4.74 Å². The Hall–Kier alpha value is -1.60. The van der Waals surface area contributed by atoms with E-state index in [0.717, 1.165) is 44.7 Å². The highest BCUT2D eigenvalue weighted by Gasteiger charge is 2.41. The number of rotatable bonds is 5. The van der Waals surface area contributed by atoms with Gasteiger partial charge in [0.2, 0.25) is 15.9 Å². The third-order valence-electron chi connectivity index (χ3n) is 6.79. The zero-order valence-corrected chi connectivity index (χ0v) is 17.4. The van der Waals surface area contributed by atoms with Crippen molar-refractivity contribution in [2.75, 3.05) is 33.3 Å². The van der Waals surface area contributed by atoms with Gasteiger partial charge in [0, 0.05) is 32.6 Å². The predicted molar refractivity (Wildman–Crippen MR) is 107 cm³/mol. The average Bonchev–Trinajstić information content (AvgIpc) is 3.54. The van der Waals surface area contributed by atoms with Crippen LogP contribution in [0.25, 0.3) is 0 Å². The number of benzene rings is 1. The molecule has 3 aliphatic rings. The molecule has 0 aromatic heterocycles. The van der Waals surface area contributed by atoms with Crippen molar-refractivity contribution in [1.82, 2.24) is 9.21 Å².